The summed E-state index contributed by atoms with van der Waals surface area (Å²) in [6.45, 7) is -0.225. The van der Waals surface area contributed by atoms with Crippen molar-refractivity contribution in [2.24, 2.45) is 17.8 Å². The molecule has 0 unspecified atom stereocenters. The van der Waals surface area contributed by atoms with Gasteiger partial charge in [0.05, 0.1) is 12.2 Å². The smallest absolute Gasteiger partial charge is 0.303 e. The van der Waals surface area contributed by atoms with Gasteiger partial charge in [-0.1, -0.05) is 24.3 Å². The first-order valence-electron chi connectivity index (χ1n) is 10.6. The van der Waals surface area contributed by atoms with E-state index in [1.807, 2.05) is 0 Å². The van der Waals surface area contributed by atoms with Crippen molar-refractivity contribution < 1.29 is 33.3 Å². The number of benzene rings is 1. The fourth-order valence-corrected chi connectivity index (χ4v) is 4.48. The molecule has 1 heterocycles. The van der Waals surface area contributed by atoms with Crippen LogP contribution in [-0.2, 0) is 9.53 Å². The van der Waals surface area contributed by atoms with E-state index in [0.29, 0.717) is 25.2 Å². The quantitative estimate of drug-likeness (QED) is 0.578. The van der Waals surface area contributed by atoms with Crippen LogP contribution in [0.15, 0.2) is 42.5 Å². The Morgan fingerprint density at radius 3 is 2.77 bits per heavy atom. The molecule has 0 spiro atoms. The summed E-state index contributed by atoms with van der Waals surface area (Å²) in [7, 11) is 0. The van der Waals surface area contributed by atoms with Crippen LogP contribution in [0.3, 0.4) is 0 Å². The molecule has 1 aromatic carbocycles. The van der Waals surface area contributed by atoms with E-state index in [1.165, 1.54) is 6.08 Å². The van der Waals surface area contributed by atoms with Crippen molar-refractivity contribution in [3.05, 3.63) is 42.5 Å². The van der Waals surface area contributed by atoms with Gasteiger partial charge in [-0.15, -0.1) is 0 Å². The normalized spacial score (nSPS) is 29.5. The van der Waals surface area contributed by atoms with E-state index in [9.17, 15) is 18.7 Å². The van der Waals surface area contributed by atoms with Crippen molar-refractivity contribution in [3.63, 3.8) is 0 Å². The number of aliphatic hydroxyl groups is 1. The third kappa shape index (κ3) is 6.51. The van der Waals surface area contributed by atoms with Crippen molar-refractivity contribution in [1.82, 2.24) is 0 Å². The molecule has 5 atom stereocenters. The van der Waals surface area contributed by atoms with Crippen LogP contribution in [0.25, 0.3) is 0 Å². The first-order valence-corrected chi connectivity index (χ1v) is 10.6. The zero-order valence-corrected chi connectivity index (χ0v) is 17.0. The van der Waals surface area contributed by atoms with Crippen LogP contribution >= 0.6 is 0 Å². The summed E-state index contributed by atoms with van der Waals surface area (Å²) in [6, 6.07) is 8.48. The van der Waals surface area contributed by atoms with E-state index in [1.54, 1.807) is 30.3 Å². The van der Waals surface area contributed by atoms with E-state index >= 15 is 0 Å². The Hall–Kier alpha value is -1.99. The zero-order chi connectivity index (χ0) is 21.6. The Morgan fingerprint density at radius 1 is 1.27 bits per heavy atom. The zero-order valence-electron chi connectivity index (χ0n) is 17.0. The molecule has 0 bridgehead atoms. The molecule has 0 amide bonds. The van der Waals surface area contributed by atoms with Crippen molar-refractivity contribution in [1.29, 1.82) is 0 Å². The number of hydrogen-bond acceptors (Lipinski definition) is 4. The lowest BCUT2D eigenvalue weighted by Gasteiger charge is -2.21. The highest BCUT2D eigenvalue weighted by Crippen LogP contribution is 2.42. The molecule has 3 rings (SSSR count). The number of ether oxygens (including phenoxy) is 2. The first-order chi connectivity index (χ1) is 14.3. The van der Waals surface area contributed by atoms with Gasteiger partial charge in [0.15, 0.2) is 6.61 Å². The monoisotopic (exact) mass is 424 g/mol. The molecular weight excluding hydrogens is 394 g/mol. The largest absolute Gasteiger partial charge is 0.487 e. The van der Waals surface area contributed by atoms with Gasteiger partial charge in [-0.25, -0.2) is 0 Å². The maximum atomic E-state index is 14.3. The number of carbonyl (C=O) groups is 1. The molecule has 0 radical (unpaired) electrons. The van der Waals surface area contributed by atoms with Gasteiger partial charge in [0.2, 0.25) is 0 Å². The highest BCUT2D eigenvalue weighted by atomic mass is 19.3. The summed E-state index contributed by atoms with van der Waals surface area (Å²) in [5, 5.41) is 19.2. The van der Waals surface area contributed by atoms with Crippen LogP contribution in [-0.4, -0.2) is 47.5 Å². The van der Waals surface area contributed by atoms with Crippen molar-refractivity contribution >= 4 is 5.97 Å². The van der Waals surface area contributed by atoms with Crippen LogP contribution in [0.1, 0.15) is 38.5 Å². The number of carboxylic acid groups (broad SMARTS) is 1. The maximum Gasteiger partial charge on any atom is 0.303 e. The standard InChI is InChI=1S/C23H30F2O5/c24-23(25,15-30-17-6-2-1-3-7-17)12-11-18-19-10-9-16(5-4-8-22(27)28)14-29-21(19)13-20(18)26/h1-3,6-7,11-12,16,18-21,26H,4-5,8-10,13-15H2,(H,27,28)/t16-,18+,19+,20+,21-/m0/s1. The Bertz CT molecular complexity index is 709. The van der Waals surface area contributed by atoms with Crippen LogP contribution in [0, 0.1) is 17.8 Å². The molecule has 2 fully saturated rings. The summed E-state index contributed by atoms with van der Waals surface area (Å²) in [5.41, 5.74) is 0. The summed E-state index contributed by atoms with van der Waals surface area (Å²) in [6.07, 6.45) is 5.04. The summed E-state index contributed by atoms with van der Waals surface area (Å²) in [4.78, 5) is 10.7. The van der Waals surface area contributed by atoms with Crippen molar-refractivity contribution in [2.75, 3.05) is 13.2 Å². The number of aliphatic hydroxyl groups excluding tert-OH is 1. The SMILES string of the molecule is O=C(O)CCC[C@H]1CC[C@@H]2[C@@H](C=CC(F)(F)COc3ccccc3)[C@H](O)C[C@@H]2OC1. The second-order valence-corrected chi connectivity index (χ2v) is 8.37. The first kappa shape index (κ1) is 22.7. The van der Waals surface area contributed by atoms with Crippen LogP contribution in [0.5, 0.6) is 5.75 Å². The predicted molar refractivity (Wildman–Crippen MR) is 108 cm³/mol. The van der Waals surface area contributed by atoms with Gasteiger partial charge in [-0.3, -0.25) is 4.79 Å². The minimum Gasteiger partial charge on any atom is -0.487 e. The van der Waals surface area contributed by atoms with Crippen LogP contribution < -0.4 is 4.74 Å². The van der Waals surface area contributed by atoms with E-state index in [4.69, 9.17) is 14.6 Å². The summed E-state index contributed by atoms with van der Waals surface area (Å²) in [5.74, 6) is -3.66. The molecule has 7 heteroatoms. The fourth-order valence-electron chi connectivity index (χ4n) is 4.48. The highest BCUT2D eigenvalue weighted by Gasteiger charge is 2.44. The number of aliphatic carboxylic acids is 1. The average Bonchev–Trinajstić information content (AvgIpc) is 2.88. The van der Waals surface area contributed by atoms with Gasteiger partial charge in [0.1, 0.15) is 5.75 Å². The molecule has 30 heavy (non-hydrogen) atoms. The lowest BCUT2D eigenvalue weighted by atomic mass is 9.86. The molecule has 2 N–H and O–H groups in total. The Morgan fingerprint density at radius 2 is 2.03 bits per heavy atom. The van der Waals surface area contributed by atoms with Gasteiger partial charge in [-0.05, 0) is 55.7 Å². The topological polar surface area (TPSA) is 76.0 Å². The second kappa shape index (κ2) is 10.4. The third-order valence-electron chi connectivity index (χ3n) is 6.08. The Balaban J connectivity index is 1.54. The number of alkyl halides is 2. The molecule has 2 aliphatic rings. The van der Waals surface area contributed by atoms with Crippen molar-refractivity contribution in [2.45, 2.75) is 56.7 Å². The van der Waals surface area contributed by atoms with Gasteiger partial charge in [0, 0.05) is 25.4 Å². The molecule has 1 aromatic rings. The Labute approximate surface area is 175 Å². The molecule has 5 nitrogen and oxygen atoms in total. The van der Waals surface area contributed by atoms with Crippen molar-refractivity contribution in [3.8, 4) is 5.75 Å². The predicted octanol–water partition coefficient (Wildman–Crippen LogP) is 4.30. The highest BCUT2D eigenvalue weighted by molar-refractivity contribution is 5.66. The fraction of sp³-hybridized carbons (Fsp3) is 0.609. The summed E-state index contributed by atoms with van der Waals surface area (Å²) >= 11 is 0. The molecule has 1 saturated heterocycles. The Kier molecular flexibility index (Phi) is 7.83. The van der Waals surface area contributed by atoms with Gasteiger partial charge in [0.25, 0.3) is 5.92 Å². The maximum absolute atomic E-state index is 14.3. The molecule has 1 aliphatic carbocycles. The van der Waals surface area contributed by atoms with E-state index in [2.05, 4.69) is 0 Å². The second-order valence-electron chi connectivity index (χ2n) is 8.37. The van der Waals surface area contributed by atoms with E-state index in [0.717, 1.165) is 25.3 Å². The minimum absolute atomic E-state index is 0.00781. The van der Waals surface area contributed by atoms with Gasteiger partial charge < -0.3 is 19.7 Å². The van der Waals surface area contributed by atoms with E-state index in [-0.39, 0.29) is 30.3 Å². The molecular formula is C23H30F2O5. The third-order valence-corrected chi connectivity index (χ3v) is 6.08. The van der Waals surface area contributed by atoms with Crippen LogP contribution in [0.2, 0.25) is 0 Å². The van der Waals surface area contributed by atoms with Gasteiger partial charge >= 0.3 is 5.97 Å². The molecule has 0 aromatic heterocycles. The van der Waals surface area contributed by atoms with Crippen LogP contribution in [0.4, 0.5) is 8.78 Å². The number of halogens is 2. The number of para-hydroxylation sites is 1. The average molecular weight is 424 g/mol. The lowest BCUT2D eigenvalue weighted by Crippen LogP contribution is -2.25. The lowest BCUT2D eigenvalue weighted by molar-refractivity contribution is -0.137. The number of hydrogen-bond donors (Lipinski definition) is 2. The van der Waals surface area contributed by atoms with E-state index < -0.39 is 24.6 Å². The summed E-state index contributed by atoms with van der Waals surface area (Å²) < 4.78 is 39.7. The molecule has 1 saturated carbocycles. The number of fused-ring (bicyclic) bond motifs is 1. The van der Waals surface area contributed by atoms with Gasteiger partial charge in [-0.2, -0.15) is 8.78 Å². The molecule has 1 aliphatic heterocycles. The minimum atomic E-state index is -3.14. The number of rotatable bonds is 9. The molecule has 166 valence electrons. The number of carboxylic acids is 1.